The Morgan fingerprint density at radius 1 is 0.333 bits per heavy atom. The summed E-state index contributed by atoms with van der Waals surface area (Å²) in [6, 6.07) is 64.7. The summed E-state index contributed by atoms with van der Waals surface area (Å²) in [5.41, 5.74) is 17.2. The van der Waals surface area contributed by atoms with Gasteiger partial charge in [0, 0.05) is 27.7 Å². The number of fused-ring (bicyclic) bond motifs is 3. The van der Waals surface area contributed by atoms with Crippen molar-refractivity contribution >= 4 is 0 Å². The smallest absolute Gasteiger partial charge is 0.160 e. The second-order valence-electron chi connectivity index (χ2n) is 13.8. The van der Waals surface area contributed by atoms with Gasteiger partial charge in [-0.05, 0) is 68.3 Å². The molecule has 0 atom stereocenters. The van der Waals surface area contributed by atoms with E-state index in [1.807, 2.05) is 18.2 Å². The highest BCUT2D eigenvalue weighted by atomic mass is 14.9. The fourth-order valence-corrected chi connectivity index (χ4v) is 7.68. The van der Waals surface area contributed by atoms with E-state index in [2.05, 4.69) is 178 Å². The lowest BCUT2D eigenvalue weighted by Crippen LogP contribution is -2.14. The summed E-state index contributed by atoms with van der Waals surface area (Å²) < 4.78 is 0. The average molecular weight is 653 g/mol. The van der Waals surface area contributed by atoms with Crippen LogP contribution in [0.25, 0.3) is 78.4 Å². The molecule has 0 aliphatic heterocycles. The van der Waals surface area contributed by atoms with Crippen LogP contribution in [0.15, 0.2) is 182 Å². The van der Waals surface area contributed by atoms with Gasteiger partial charge >= 0.3 is 0 Å². The SMILES string of the molecule is CC1(C)c2ccccc2-c2ccc(-c3cccc(-c4cccc(-c5nc(-c6ccccc6)c(-c6ccccc6)c(-c6ccccc6)n5)c4)c3)cc21. The maximum atomic E-state index is 5.33. The van der Waals surface area contributed by atoms with Crippen molar-refractivity contribution < 1.29 is 0 Å². The first-order valence-corrected chi connectivity index (χ1v) is 17.6. The molecule has 1 aliphatic rings. The quantitative estimate of drug-likeness (QED) is 0.179. The van der Waals surface area contributed by atoms with Crippen LogP contribution in [0.4, 0.5) is 0 Å². The number of rotatable bonds is 6. The highest BCUT2D eigenvalue weighted by Gasteiger charge is 2.35. The van der Waals surface area contributed by atoms with Crippen molar-refractivity contribution in [2.24, 2.45) is 0 Å². The summed E-state index contributed by atoms with van der Waals surface area (Å²) in [5.74, 6) is 0.700. The maximum Gasteiger partial charge on any atom is 0.160 e. The summed E-state index contributed by atoms with van der Waals surface area (Å²) in [5, 5.41) is 0. The second kappa shape index (κ2) is 12.5. The fraction of sp³-hybridized carbons (Fsp3) is 0.0612. The molecule has 51 heavy (non-hydrogen) atoms. The van der Waals surface area contributed by atoms with Crippen LogP contribution < -0.4 is 0 Å². The van der Waals surface area contributed by atoms with Crippen LogP contribution in [0.3, 0.4) is 0 Å². The lowest BCUT2D eigenvalue weighted by atomic mass is 9.81. The van der Waals surface area contributed by atoms with Crippen molar-refractivity contribution in [1.82, 2.24) is 9.97 Å². The van der Waals surface area contributed by atoms with Gasteiger partial charge in [-0.15, -0.1) is 0 Å². The van der Waals surface area contributed by atoms with Crippen LogP contribution >= 0.6 is 0 Å². The molecule has 1 aliphatic carbocycles. The van der Waals surface area contributed by atoms with Crippen molar-refractivity contribution in [2.75, 3.05) is 0 Å². The highest BCUT2D eigenvalue weighted by molar-refractivity contribution is 5.92. The predicted molar refractivity (Wildman–Crippen MR) is 212 cm³/mol. The first-order valence-electron chi connectivity index (χ1n) is 17.6. The van der Waals surface area contributed by atoms with Crippen LogP contribution in [-0.4, -0.2) is 9.97 Å². The van der Waals surface area contributed by atoms with E-state index in [4.69, 9.17) is 9.97 Å². The van der Waals surface area contributed by atoms with Crippen LogP contribution in [0.5, 0.6) is 0 Å². The van der Waals surface area contributed by atoms with E-state index in [1.54, 1.807) is 0 Å². The fourth-order valence-electron chi connectivity index (χ4n) is 7.68. The standard InChI is InChI=1S/C49H36N2/c1-49(2)43-27-13-12-26-41(43)42-29-28-39(32-44(42)49)37-23-14-22-36(30-37)38-24-15-25-40(31-38)48-50-46(34-18-8-4-9-19-34)45(33-16-6-3-7-17-33)47(51-48)35-20-10-5-11-21-35/h3-32H,1-2H3. The summed E-state index contributed by atoms with van der Waals surface area (Å²) >= 11 is 0. The molecule has 0 spiro atoms. The Bertz CT molecular complexity index is 2470. The Morgan fingerprint density at radius 3 is 1.35 bits per heavy atom. The van der Waals surface area contributed by atoms with E-state index in [0.717, 1.165) is 50.3 Å². The van der Waals surface area contributed by atoms with E-state index in [0.29, 0.717) is 5.82 Å². The van der Waals surface area contributed by atoms with Gasteiger partial charge in [0.2, 0.25) is 0 Å². The van der Waals surface area contributed by atoms with Gasteiger partial charge in [0.05, 0.1) is 11.4 Å². The minimum atomic E-state index is -0.0405. The van der Waals surface area contributed by atoms with Gasteiger partial charge in [-0.3, -0.25) is 0 Å². The zero-order valence-corrected chi connectivity index (χ0v) is 28.7. The monoisotopic (exact) mass is 652 g/mol. The number of hydrogen-bond donors (Lipinski definition) is 0. The number of hydrogen-bond acceptors (Lipinski definition) is 2. The van der Waals surface area contributed by atoms with Gasteiger partial charge < -0.3 is 0 Å². The molecule has 0 saturated heterocycles. The molecule has 0 saturated carbocycles. The highest BCUT2D eigenvalue weighted by Crippen LogP contribution is 2.49. The number of benzene rings is 7. The molecule has 0 radical (unpaired) electrons. The van der Waals surface area contributed by atoms with Gasteiger partial charge in [-0.2, -0.15) is 0 Å². The number of aromatic nitrogens is 2. The van der Waals surface area contributed by atoms with E-state index in [-0.39, 0.29) is 5.41 Å². The Morgan fingerprint density at radius 2 is 0.765 bits per heavy atom. The molecule has 0 bridgehead atoms. The van der Waals surface area contributed by atoms with Gasteiger partial charge in [0.15, 0.2) is 5.82 Å². The molecule has 9 rings (SSSR count). The molecule has 242 valence electrons. The largest absolute Gasteiger partial charge is 0.227 e. The van der Waals surface area contributed by atoms with Crippen molar-refractivity contribution in [3.05, 3.63) is 193 Å². The Labute approximate surface area is 299 Å². The predicted octanol–water partition coefficient (Wildman–Crippen LogP) is 12.8. The third-order valence-electron chi connectivity index (χ3n) is 10.3. The van der Waals surface area contributed by atoms with Crippen molar-refractivity contribution in [3.8, 4) is 78.4 Å². The van der Waals surface area contributed by atoms with Crippen LogP contribution in [0.2, 0.25) is 0 Å². The van der Waals surface area contributed by atoms with Gasteiger partial charge in [0.1, 0.15) is 0 Å². The van der Waals surface area contributed by atoms with Crippen molar-refractivity contribution in [3.63, 3.8) is 0 Å². The van der Waals surface area contributed by atoms with Crippen LogP contribution in [0.1, 0.15) is 25.0 Å². The Kier molecular flexibility index (Phi) is 7.51. The molecule has 1 heterocycles. The summed E-state index contributed by atoms with van der Waals surface area (Å²) in [7, 11) is 0. The second-order valence-corrected chi connectivity index (χ2v) is 13.8. The zero-order valence-electron chi connectivity index (χ0n) is 28.7. The first kappa shape index (κ1) is 30.7. The minimum absolute atomic E-state index is 0.0405. The van der Waals surface area contributed by atoms with Gasteiger partial charge in [0.25, 0.3) is 0 Å². The molecule has 0 amide bonds. The maximum absolute atomic E-state index is 5.33. The molecule has 0 fully saturated rings. The van der Waals surface area contributed by atoms with Gasteiger partial charge in [-0.25, -0.2) is 9.97 Å². The van der Waals surface area contributed by atoms with Crippen molar-refractivity contribution in [2.45, 2.75) is 19.3 Å². The molecule has 0 unspecified atom stereocenters. The molecule has 7 aromatic carbocycles. The van der Waals surface area contributed by atoms with Crippen LogP contribution in [-0.2, 0) is 5.41 Å². The summed E-state index contributed by atoms with van der Waals surface area (Å²) in [4.78, 5) is 10.7. The first-order chi connectivity index (χ1) is 25.0. The Hall–Kier alpha value is -6.38. The zero-order chi connectivity index (χ0) is 34.4. The normalized spacial score (nSPS) is 12.7. The minimum Gasteiger partial charge on any atom is -0.227 e. The van der Waals surface area contributed by atoms with E-state index < -0.39 is 0 Å². The van der Waals surface area contributed by atoms with E-state index in [1.165, 1.54) is 33.4 Å². The molecule has 2 nitrogen and oxygen atoms in total. The lowest BCUT2D eigenvalue weighted by molar-refractivity contribution is 0.660. The van der Waals surface area contributed by atoms with Gasteiger partial charge in [-0.1, -0.05) is 178 Å². The van der Waals surface area contributed by atoms with E-state index in [9.17, 15) is 0 Å². The average Bonchev–Trinajstić information content (AvgIpc) is 3.44. The van der Waals surface area contributed by atoms with E-state index >= 15 is 0 Å². The Balaban J connectivity index is 1.15. The summed E-state index contributed by atoms with van der Waals surface area (Å²) in [6.45, 7) is 4.68. The third kappa shape index (κ3) is 5.46. The molecular formula is C49H36N2. The van der Waals surface area contributed by atoms with Crippen LogP contribution in [0, 0.1) is 0 Å². The molecular weight excluding hydrogens is 617 g/mol. The lowest BCUT2D eigenvalue weighted by Gasteiger charge is -2.22. The number of nitrogens with zero attached hydrogens (tertiary/aromatic N) is 2. The third-order valence-corrected chi connectivity index (χ3v) is 10.3. The van der Waals surface area contributed by atoms with Crippen molar-refractivity contribution in [1.29, 1.82) is 0 Å². The molecule has 1 aromatic heterocycles. The topological polar surface area (TPSA) is 25.8 Å². The molecule has 2 heteroatoms. The molecule has 0 N–H and O–H groups in total. The molecule has 8 aromatic rings. The summed E-state index contributed by atoms with van der Waals surface area (Å²) in [6.07, 6.45) is 0.